The van der Waals surface area contributed by atoms with Crippen LogP contribution in [-0.4, -0.2) is 46.2 Å². The van der Waals surface area contributed by atoms with Crippen LogP contribution in [0.4, 0.5) is 0 Å². The first-order valence-corrected chi connectivity index (χ1v) is 8.89. The van der Waals surface area contributed by atoms with Crippen LogP contribution in [0.15, 0.2) is 42.5 Å². The van der Waals surface area contributed by atoms with E-state index < -0.39 is 0 Å². The number of hydrogen-bond acceptors (Lipinski definition) is 3. The molecule has 2 N–H and O–H groups in total. The Morgan fingerprint density at radius 3 is 2.64 bits per heavy atom. The normalized spacial score (nSPS) is 21.2. The van der Waals surface area contributed by atoms with Gasteiger partial charge < -0.3 is 15.0 Å². The summed E-state index contributed by atoms with van der Waals surface area (Å²) in [5, 5.41) is 12.8. The number of piperidine rings is 1. The van der Waals surface area contributed by atoms with E-state index in [9.17, 15) is 9.90 Å². The van der Waals surface area contributed by atoms with Gasteiger partial charge in [0.15, 0.2) is 0 Å². The molecule has 1 amide bonds. The fraction of sp³-hybridized carbons (Fsp3) is 0.450. The maximum atomic E-state index is 12.6. The van der Waals surface area contributed by atoms with E-state index in [1.807, 2.05) is 48.9 Å². The molecule has 1 fully saturated rings. The van der Waals surface area contributed by atoms with Crippen molar-refractivity contribution in [2.45, 2.75) is 25.9 Å². The Kier molecular flexibility index (Phi) is 5.56. The molecule has 5 heteroatoms. The third kappa shape index (κ3) is 4.11. The van der Waals surface area contributed by atoms with Crippen molar-refractivity contribution >= 4 is 5.91 Å². The molecular formula is C20H27N3O2. The number of benzene rings is 1. The first-order valence-electron chi connectivity index (χ1n) is 8.89. The molecular weight excluding hydrogens is 314 g/mol. The lowest BCUT2D eigenvalue weighted by molar-refractivity contribution is 0.0724. The van der Waals surface area contributed by atoms with Crippen molar-refractivity contribution in [2.75, 3.05) is 19.7 Å². The van der Waals surface area contributed by atoms with E-state index in [0.29, 0.717) is 5.69 Å². The van der Waals surface area contributed by atoms with Crippen LogP contribution in [0.2, 0.25) is 0 Å². The van der Waals surface area contributed by atoms with Gasteiger partial charge in [-0.05, 0) is 37.6 Å². The summed E-state index contributed by atoms with van der Waals surface area (Å²) in [4.78, 5) is 15.0. The van der Waals surface area contributed by atoms with Crippen molar-refractivity contribution in [1.29, 1.82) is 0 Å². The number of carbonyl (C=O) groups is 1. The number of aliphatic hydroxyl groups excluding tert-OH is 1. The minimum Gasteiger partial charge on any atom is -0.396 e. The van der Waals surface area contributed by atoms with Crippen LogP contribution in [-0.2, 0) is 13.6 Å². The number of hydrogen-bond donors (Lipinski definition) is 2. The summed E-state index contributed by atoms with van der Waals surface area (Å²) in [6.07, 6.45) is 0.889. The van der Waals surface area contributed by atoms with Gasteiger partial charge >= 0.3 is 0 Å². The molecule has 1 aliphatic rings. The maximum Gasteiger partial charge on any atom is 0.268 e. The lowest BCUT2D eigenvalue weighted by Crippen LogP contribution is -2.53. The Morgan fingerprint density at radius 1 is 1.24 bits per heavy atom. The molecule has 0 saturated carbocycles. The van der Waals surface area contributed by atoms with Crippen LogP contribution in [0.1, 0.15) is 28.2 Å². The number of nitrogens with zero attached hydrogens (tertiary/aromatic N) is 2. The van der Waals surface area contributed by atoms with E-state index in [0.717, 1.165) is 31.7 Å². The van der Waals surface area contributed by atoms with Crippen LogP contribution in [0.3, 0.4) is 0 Å². The topological polar surface area (TPSA) is 57.5 Å². The highest BCUT2D eigenvalue weighted by atomic mass is 16.3. The van der Waals surface area contributed by atoms with Crippen molar-refractivity contribution in [3.05, 3.63) is 59.4 Å². The zero-order valence-electron chi connectivity index (χ0n) is 15.0. The van der Waals surface area contributed by atoms with Gasteiger partial charge in [0.2, 0.25) is 0 Å². The zero-order chi connectivity index (χ0) is 17.8. The number of aliphatic hydroxyl groups is 1. The van der Waals surface area contributed by atoms with E-state index in [1.165, 1.54) is 5.56 Å². The Hall–Kier alpha value is -2.11. The third-order valence-electron chi connectivity index (χ3n) is 5.25. The van der Waals surface area contributed by atoms with Gasteiger partial charge in [0, 0.05) is 44.4 Å². The average molecular weight is 341 g/mol. The predicted molar refractivity (Wildman–Crippen MR) is 98.3 cm³/mol. The van der Waals surface area contributed by atoms with Gasteiger partial charge in [-0.1, -0.05) is 30.3 Å². The van der Waals surface area contributed by atoms with E-state index >= 15 is 0 Å². The Morgan fingerprint density at radius 2 is 2.00 bits per heavy atom. The molecule has 2 aromatic rings. The molecule has 1 saturated heterocycles. The summed E-state index contributed by atoms with van der Waals surface area (Å²) in [5.74, 6) is 0.0398. The lowest BCUT2D eigenvalue weighted by atomic mass is 9.91. The fourth-order valence-corrected chi connectivity index (χ4v) is 3.52. The summed E-state index contributed by atoms with van der Waals surface area (Å²) in [5.41, 5.74) is 2.99. The van der Waals surface area contributed by atoms with Crippen LogP contribution in [0.25, 0.3) is 0 Å². The second kappa shape index (κ2) is 7.85. The number of rotatable bonds is 5. The first kappa shape index (κ1) is 17.7. The molecule has 3 rings (SSSR count). The molecule has 25 heavy (non-hydrogen) atoms. The molecule has 0 aliphatic carbocycles. The minimum atomic E-state index is -0.0689. The van der Waals surface area contributed by atoms with Crippen molar-refractivity contribution in [3.63, 3.8) is 0 Å². The number of likely N-dealkylation sites (tertiary alicyclic amines) is 1. The molecule has 0 bridgehead atoms. The largest absolute Gasteiger partial charge is 0.396 e. The number of nitrogens with one attached hydrogen (secondary N) is 1. The molecule has 1 aromatic heterocycles. The van der Waals surface area contributed by atoms with Gasteiger partial charge in [-0.2, -0.15) is 0 Å². The molecule has 0 unspecified atom stereocenters. The average Bonchev–Trinajstić information content (AvgIpc) is 2.95. The first-order chi connectivity index (χ1) is 12.1. The highest BCUT2D eigenvalue weighted by molar-refractivity contribution is 5.93. The molecule has 1 aliphatic heterocycles. The van der Waals surface area contributed by atoms with Crippen molar-refractivity contribution in [1.82, 2.24) is 14.8 Å². The molecule has 0 spiro atoms. The van der Waals surface area contributed by atoms with Crippen molar-refractivity contribution in [3.8, 4) is 0 Å². The summed E-state index contributed by atoms with van der Waals surface area (Å²) in [7, 11) is 1.90. The van der Waals surface area contributed by atoms with Crippen LogP contribution >= 0.6 is 0 Å². The lowest BCUT2D eigenvalue weighted by Gasteiger charge is -2.38. The summed E-state index contributed by atoms with van der Waals surface area (Å²) in [6, 6.07) is 14.1. The molecule has 5 nitrogen and oxygen atoms in total. The summed E-state index contributed by atoms with van der Waals surface area (Å²) in [6.45, 7) is 4.66. The van der Waals surface area contributed by atoms with Crippen molar-refractivity contribution in [2.24, 2.45) is 13.0 Å². The summed E-state index contributed by atoms with van der Waals surface area (Å²) < 4.78 is 1.90. The Balaban J connectivity index is 1.67. The van der Waals surface area contributed by atoms with E-state index in [2.05, 4.69) is 22.3 Å². The van der Waals surface area contributed by atoms with Gasteiger partial charge in [-0.3, -0.25) is 9.69 Å². The standard InChI is InChI=1S/C20H27N3O2/c1-15-8-9-19(22(15)2)20(25)21-18-13-23(11-10-17(18)14-24)12-16-6-4-3-5-7-16/h3-9,17-18,24H,10-14H2,1-2H3,(H,21,25)/t17-,18-/m1/s1. The van der Waals surface area contributed by atoms with Crippen LogP contribution in [0, 0.1) is 12.8 Å². The van der Waals surface area contributed by atoms with Crippen LogP contribution < -0.4 is 5.32 Å². The summed E-state index contributed by atoms with van der Waals surface area (Å²) >= 11 is 0. The van der Waals surface area contributed by atoms with Gasteiger partial charge in [0.1, 0.15) is 5.69 Å². The monoisotopic (exact) mass is 341 g/mol. The molecule has 2 atom stereocenters. The van der Waals surface area contributed by atoms with Gasteiger partial charge in [-0.15, -0.1) is 0 Å². The molecule has 2 heterocycles. The van der Waals surface area contributed by atoms with Gasteiger partial charge in [-0.25, -0.2) is 0 Å². The quantitative estimate of drug-likeness (QED) is 0.874. The SMILES string of the molecule is Cc1ccc(C(=O)N[C@@H]2CN(Cc3ccccc3)CC[C@@H]2CO)n1C. The maximum absolute atomic E-state index is 12.6. The number of carbonyl (C=O) groups excluding carboxylic acids is 1. The number of aryl methyl sites for hydroxylation is 1. The van der Waals surface area contributed by atoms with E-state index in [-0.39, 0.29) is 24.5 Å². The minimum absolute atomic E-state index is 0.0369. The van der Waals surface area contributed by atoms with Crippen LogP contribution in [0.5, 0.6) is 0 Å². The highest BCUT2D eigenvalue weighted by Crippen LogP contribution is 2.20. The number of amides is 1. The zero-order valence-corrected chi connectivity index (χ0v) is 15.0. The molecule has 134 valence electrons. The second-order valence-corrected chi connectivity index (χ2v) is 6.95. The fourth-order valence-electron chi connectivity index (χ4n) is 3.52. The smallest absolute Gasteiger partial charge is 0.268 e. The Labute approximate surface area is 149 Å². The highest BCUT2D eigenvalue weighted by Gasteiger charge is 2.30. The van der Waals surface area contributed by atoms with E-state index in [1.54, 1.807) is 0 Å². The van der Waals surface area contributed by atoms with Crippen molar-refractivity contribution < 1.29 is 9.90 Å². The van der Waals surface area contributed by atoms with Gasteiger partial charge in [0.05, 0.1) is 0 Å². The number of aromatic nitrogens is 1. The Bertz CT molecular complexity index is 711. The second-order valence-electron chi connectivity index (χ2n) is 6.95. The molecule has 0 radical (unpaired) electrons. The van der Waals surface area contributed by atoms with Gasteiger partial charge in [0.25, 0.3) is 5.91 Å². The predicted octanol–water partition coefficient (Wildman–Crippen LogP) is 1.95. The molecule has 1 aromatic carbocycles. The van der Waals surface area contributed by atoms with E-state index in [4.69, 9.17) is 0 Å². The third-order valence-corrected chi connectivity index (χ3v) is 5.25.